The molecule has 0 unspecified atom stereocenters. The van der Waals surface area contributed by atoms with E-state index in [2.05, 4.69) is 19.5 Å². The van der Waals surface area contributed by atoms with Gasteiger partial charge < -0.3 is 19.5 Å². The molecule has 0 aliphatic rings. The lowest BCUT2D eigenvalue weighted by atomic mass is 9.95. The predicted molar refractivity (Wildman–Crippen MR) is 86.9 cm³/mol. The molecule has 0 radical (unpaired) electrons. The van der Waals surface area contributed by atoms with E-state index in [4.69, 9.17) is 0 Å². The van der Waals surface area contributed by atoms with Gasteiger partial charge in [0, 0.05) is 5.56 Å². The minimum absolute atomic E-state index is 0.412. The van der Waals surface area contributed by atoms with E-state index in [1.165, 1.54) is 0 Å². The Labute approximate surface area is 157 Å². The van der Waals surface area contributed by atoms with Crippen LogP contribution in [-0.4, -0.2) is 51.2 Å². The maximum atomic E-state index is 12.8. The summed E-state index contributed by atoms with van der Waals surface area (Å²) in [6.45, 7) is 0. The second kappa shape index (κ2) is 9.72. The summed E-state index contributed by atoms with van der Waals surface area (Å²) in [5, 5.41) is 2.12. The zero-order valence-electron chi connectivity index (χ0n) is 15.2. The quantitative estimate of drug-likeness (QED) is 0.539. The van der Waals surface area contributed by atoms with Gasteiger partial charge in [0.15, 0.2) is 0 Å². The van der Waals surface area contributed by atoms with Gasteiger partial charge in [0.25, 0.3) is 5.91 Å². The number of rotatable bonds is 7. The molecular formula is C17H18F3NO7. The number of amides is 1. The third-order valence-corrected chi connectivity index (χ3v) is 3.71. The van der Waals surface area contributed by atoms with Crippen LogP contribution in [0.4, 0.5) is 13.2 Å². The number of carbonyl (C=O) groups excluding carboxylic acids is 4. The molecule has 0 aliphatic carbocycles. The number of benzene rings is 1. The molecule has 1 N–H and O–H groups in total. The molecule has 8 nitrogen and oxygen atoms in total. The standard InChI is InChI=1S/C17H18F3NO7/c1-26-12(22)8-11(15(24)27-2)13(16(25)28-3)21-14(23)9-5-4-6-10(7-9)17(18,19)20/h4-7,11,13H,8H2,1-3H3,(H,21,23)/t11-,13+/m0/s1. The first-order chi connectivity index (χ1) is 13.0. The van der Waals surface area contributed by atoms with Crippen molar-refractivity contribution in [1.29, 1.82) is 0 Å². The van der Waals surface area contributed by atoms with Crippen molar-refractivity contribution in [1.82, 2.24) is 5.32 Å². The second-order valence-electron chi connectivity index (χ2n) is 5.46. The first-order valence-electron chi connectivity index (χ1n) is 7.75. The molecule has 1 rings (SSSR count). The third-order valence-electron chi connectivity index (χ3n) is 3.71. The van der Waals surface area contributed by atoms with Crippen LogP contribution in [0.25, 0.3) is 0 Å². The van der Waals surface area contributed by atoms with E-state index in [0.29, 0.717) is 6.07 Å². The fourth-order valence-corrected chi connectivity index (χ4v) is 2.26. The Bertz CT molecular complexity index is 749. The van der Waals surface area contributed by atoms with Gasteiger partial charge in [0.1, 0.15) is 6.04 Å². The smallest absolute Gasteiger partial charge is 0.416 e. The molecule has 0 saturated heterocycles. The van der Waals surface area contributed by atoms with Crippen LogP contribution < -0.4 is 5.32 Å². The molecule has 0 aliphatic heterocycles. The van der Waals surface area contributed by atoms with Gasteiger partial charge in [-0.3, -0.25) is 14.4 Å². The van der Waals surface area contributed by atoms with Gasteiger partial charge in [-0.2, -0.15) is 13.2 Å². The Morgan fingerprint density at radius 2 is 1.61 bits per heavy atom. The summed E-state index contributed by atoms with van der Waals surface area (Å²) in [6, 6.07) is 1.75. The first-order valence-corrected chi connectivity index (χ1v) is 7.75. The third kappa shape index (κ3) is 5.96. The molecule has 2 atom stereocenters. The summed E-state index contributed by atoms with van der Waals surface area (Å²) in [5.74, 6) is -5.60. The number of ether oxygens (including phenoxy) is 3. The maximum Gasteiger partial charge on any atom is 0.416 e. The average molecular weight is 405 g/mol. The molecule has 0 aromatic heterocycles. The molecule has 0 spiro atoms. The summed E-state index contributed by atoms with van der Waals surface area (Å²) < 4.78 is 52.0. The van der Waals surface area contributed by atoms with Crippen molar-refractivity contribution >= 4 is 23.8 Å². The van der Waals surface area contributed by atoms with Crippen LogP contribution in [0.3, 0.4) is 0 Å². The molecule has 28 heavy (non-hydrogen) atoms. The van der Waals surface area contributed by atoms with E-state index in [0.717, 1.165) is 39.5 Å². The molecule has 0 heterocycles. The molecule has 0 fully saturated rings. The van der Waals surface area contributed by atoms with E-state index in [-0.39, 0.29) is 0 Å². The molecule has 1 aromatic carbocycles. The summed E-state index contributed by atoms with van der Waals surface area (Å²) in [5.41, 5.74) is -1.49. The van der Waals surface area contributed by atoms with Crippen molar-refractivity contribution in [3.05, 3.63) is 35.4 Å². The van der Waals surface area contributed by atoms with Crippen molar-refractivity contribution in [2.24, 2.45) is 5.92 Å². The zero-order valence-corrected chi connectivity index (χ0v) is 15.2. The highest BCUT2D eigenvalue weighted by atomic mass is 19.4. The lowest BCUT2D eigenvalue weighted by Gasteiger charge is -2.23. The lowest BCUT2D eigenvalue weighted by molar-refractivity contribution is -0.158. The first kappa shape index (κ1) is 22.9. The Morgan fingerprint density at radius 1 is 1.00 bits per heavy atom. The van der Waals surface area contributed by atoms with Gasteiger partial charge >= 0.3 is 24.1 Å². The minimum atomic E-state index is -4.68. The van der Waals surface area contributed by atoms with Crippen LogP contribution in [0, 0.1) is 5.92 Å². The van der Waals surface area contributed by atoms with Gasteiger partial charge in [0.2, 0.25) is 0 Å². The number of hydrogen-bond acceptors (Lipinski definition) is 7. The Kier molecular flexibility index (Phi) is 7.96. The second-order valence-corrected chi connectivity index (χ2v) is 5.46. The molecular weight excluding hydrogens is 387 g/mol. The van der Waals surface area contributed by atoms with Crippen molar-refractivity contribution in [2.75, 3.05) is 21.3 Å². The summed E-state index contributed by atoms with van der Waals surface area (Å²) in [7, 11) is 3.01. The SMILES string of the molecule is COC(=O)C[C@H](C(=O)OC)[C@@H](NC(=O)c1cccc(C(F)(F)F)c1)C(=O)OC. The van der Waals surface area contributed by atoms with E-state index >= 15 is 0 Å². The Balaban J connectivity index is 3.20. The number of hydrogen-bond donors (Lipinski definition) is 1. The van der Waals surface area contributed by atoms with Crippen molar-refractivity contribution in [2.45, 2.75) is 18.6 Å². The zero-order chi connectivity index (χ0) is 21.5. The van der Waals surface area contributed by atoms with Crippen LogP contribution in [0.1, 0.15) is 22.3 Å². The maximum absolute atomic E-state index is 12.8. The Hall–Kier alpha value is -3.11. The number of esters is 3. The van der Waals surface area contributed by atoms with Crippen LogP contribution >= 0.6 is 0 Å². The number of nitrogens with one attached hydrogen (secondary N) is 1. The largest absolute Gasteiger partial charge is 0.469 e. The van der Waals surface area contributed by atoms with Crippen LogP contribution in [0.2, 0.25) is 0 Å². The molecule has 11 heteroatoms. The van der Waals surface area contributed by atoms with E-state index < -0.39 is 59.5 Å². The van der Waals surface area contributed by atoms with Crippen molar-refractivity contribution in [3.8, 4) is 0 Å². The van der Waals surface area contributed by atoms with Gasteiger partial charge in [-0.15, -0.1) is 0 Å². The molecule has 0 bridgehead atoms. The molecule has 1 amide bonds. The van der Waals surface area contributed by atoms with Crippen molar-refractivity contribution < 1.29 is 46.6 Å². The van der Waals surface area contributed by atoms with Gasteiger partial charge in [0.05, 0.1) is 39.2 Å². The lowest BCUT2D eigenvalue weighted by Crippen LogP contribution is -2.50. The van der Waals surface area contributed by atoms with Gasteiger partial charge in [-0.25, -0.2) is 4.79 Å². The fourth-order valence-electron chi connectivity index (χ4n) is 2.26. The van der Waals surface area contributed by atoms with Crippen LogP contribution in [0.15, 0.2) is 24.3 Å². The highest BCUT2D eigenvalue weighted by Crippen LogP contribution is 2.29. The normalized spacial score (nSPS) is 13.1. The van der Waals surface area contributed by atoms with Crippen LogP contribution in [0.5, 0.6) is 0 Å². The number of carbonyl (C=O) groups is 4. The molecule has 1 aromatic rings. The highest BCUT2D eigenvalue weighted by Gasteiger charge is 2.39. The summed E-state index contributed by atoms with van der Waals surface area (Å²) >= 11 is 0. The van der Waals surface area contributed by atoms with E-state index in [1.807, 2.05) is 0 Å². The van der Waals surface area contributed by atoms with E-state index in [1.54, 1.807) is 0 Å². The summed E-state index contributed by atoms with van der Waals surface area (Å²) in [4.78, 5) is 48.0. The van der Waals surface area contributed by atoms with Crippen molar-refractivity contribution in [3.63, 3.8) is 0 Å². The number of methoxy groups -OCH3 is 3. The number of alkyl halides is 3. The van der Waals surface area contributed by atoms with E-state index in [9.17, 15) is 32.3 Å². The monoisotopic (exact) mass is 405 g/mol. The van der Waals surface area contributed by atoms with Gasteiger partial charge in [-0.05, 0) is 18.2 Å². The highest BCUT2D eigenvalue weighted by molar-refractivity contribution is 5.98. The minimum Gasteiger partial charge on any atom is -0.469 e. The Morgan fingerprint density at radius 3 is 2.11 bits per heavy atom. The topological polar surface area (TPSA) is 108 Å². The summed E-state index contributed by atoms with van der Waals surface area (Å²) in [6.07, 6.45) is -5.32. The fraction of sp³-hybridized carbons (Fsp3) is 0.412. The predicted octanol–water partition coefficient (Wildman–Crippen LogP) is 1.33. The molecule has 154 valence electrons. The molecule has 0 saturated carbocycles. The average Bonchev–Trinajstić information content (AvgIpc) is 2.68. The number of halogens is 3. The van der Waals surface area contributed by atoms with Gasteiger partial charge in [-0.1, -0.05) is 6.07 Å². The van der Waals surface area contributed by atoms with Crippen LogP contribution in [-0.2, 0) is 34.8 Å².